The number of ketones is 1. The van der Waals surface area contributed by atoms with Crippen molar-refractivity contribution in [2.75, 3.05) is 19.7 Å². The van der Waals surface area contributed by atoms with Crippen molar-refractivity contribution in [2.45, 2.75) is 76.7 Å². The topological polar surface area (TPSA) is 83.9 Å². The lowest BCUT2D eigenvalue weighted by atomic mass is 9.80. The highest BCUT2D eigenvalue weighted by Crippen LogP contribution is 2.31. The van der Waals surface area contributed by atoms with Crippen LogP contribution in [0.1, 0.15) is 63.5 Å². The SMILES string of the molecule is CCCCCOc1cc(F)cc(C[C@H](CC(C)=O)[C@H](O)[C@@H]2CCCN(S(=O)(=O)c3cccc(C)c3)C2)c1. The predicted octanol–water partition coefficient (Wildman–Crippen LogP) is 5.30. The second kappa shape index (κ2) is 13.5. The minimum absolute atomic E-state index is 0.0726. The summed E-state index contributed by atoms with van der Waals surface area (Å²) in [7, 11) is -3.69. The van der Waals surface area contributed by atoms with E-state index in [0.29, 0.717) is 43.7 Å². The third-order valence-corrected chi connectivity index (χ3v) is 8.87. The zero-order chi connectivity index (χ0) is 27.0. The van der Waals surface area contributed by atoms with Crippen LogP contribution in [0.25, 0.3) is 0 Å². The first-order chi connectivity index (χ1) is 17.6. The first-order valence-electron chi connectivity index (χ1n) is 13.3. The number of ether oxygens (including phenoxy) is 1. The van der Waals surface area contributed by atoms with Crippen molar-refractivity contribution in [1.29, 1.82) is 0 Å². The molecule has 2 aromatic rings. The molecule has 0 bridgehead atoms. The maximum absolute atomic E-state index is 14.4. The minimum atomic E-state index is -3.69. The molecule has 0 amide bonds. The maximum Gasteiger partial charge on any atom is 0.243 e. The molecule has 2 aromatic carbocycles. The summed E-state index contributed by atoms with van der Waals surface area (Å²) in [5.41, 5.74) is 1.51. The minimum Gasteiger partial charge on any atom is -0.493 e. The van der Waals surface area contributed by atoms with Crippen LogP contribution in [-0.2, 0) is 21.2 Å². The number of piperidine rings is 1. The van der Waals surface area contributed by atoms with E-state index in [4.69, 9.17) is 4.74 Å². The zero-order valence-corrected chi connectivity index (χ0v) is 23.0. The molecule has 37 heavy (non-hydrogen) atoms. The average Bonchev–Trinajstić information content (AvgIpc) is 2.85. The summed E-state index contributed by atoms with van der Waals surface area (Å²) in [6.07, 6.45) is 3.78. The van der Waals surface area contributed by atoms with Gasteiger partial charge in [0.25, 0.3) is 0 Å². The van der Waals surface area contributed by atoms with Crippen molar-refractivity contribution >= 4 is 15.8 Å². The largest absolute Gasteiger partial charge is 0.493 e. The van der Waals surface area contributed by atoms with Crippen LogP contribution < -0.4 is 4.74 Å². The number of unbranched alkanes of at least 4 members (excludes halogenated alkanes) is 2. The van der Waals surface area contributed by atoms with E-state index in [1.54, 1.807) is 24.3 Å². The van der Waals surface area contributed by atoms with E-state index in [2.05, 4.69) is 6.92 Å². The number of aliphatic hydroxyl groups is 1. The fourth-order valence-electron chi connectivity index (χ4n) is 5.13. The van der Waals surface area contributed by atoms with Crippen molar-refractivity contribution < 1.29 is 27.4 Å². The Bertz CT molecular complexity index is 1150. The van der Waals surface area contributed by atoms with Gasteiger partial charge >= 0.3 is 0 Å². The van der Waals surface area contributed by atoms with Gasteiger partial charge in [-0.15, -0.1) is 0 Å². The second-order valence-corrected chi connectivity index (χ2v) is 12.2. The van der Waals surface area contributed by atoms with Gasteiger partial charge in [-0.3, -0.25) is 0 Å². The number of carbonyl (C=O) groups is 1. The van der Waals surface area contributed by atoms with E-state index in [1.807, 2.05) is 13.0 Å². The fraction of sp³-hybridized carbons (Fsp3) is 0.552. The molecule has 1 aliphatic heterocycles. The molecule has 1 aliphatic rings. The number of aliphatic hydroxyl groups excluding tert-OH is 1. The number of hydrogen-bond acceptors (Lipinski definition) is 5. The lowest BCUT2D eigenvalue weighted by molar-refractivity contribution is -0.119. The van der Waals surface area contributed by atoms with Crippen LogP contribution in [-0.4, -0.2) is 49.4 Å². The van der Waals surface area contributed by atoms with Crippen LogP contribution in [0.3, 0.4) is 0 Å². The Hall–Kier alpha value is -2.29. The van der Waals surface area contributed by atoms with Crippen molar-refractivity contribution in [2.24, 2.45) is 11.8 Å². The quantitative estimate of drug-likeness (QED) is 0.353. The van der Waals surface area contributed by atoms with Gasteiger partial charge in [-0.1, -0.05) is 31.9 Å². The molecule has 0 spiro atoms. The lowest BCUT2D eigenvalue weighted by Crippen LogP contribution is -2.45. The highest BCUT2D eigenvalue weighted by atomic mass is 32.2. The molecule has 0 saturated carbocycles. The van der Waals surface area contributed by atoms with Gasteiger partial charge in [0.05, 0.1) is 17.6 Å². The van der Waals surface area contributed by atoms with Crippen LogP contribution in [0.2, 0.25) is 0 Å². The molecule has 3 rings (SSSR count). The average molecular weight is 534 g/mol. The smallest absolute Gasteiger partial charge is 0.243 e. The third-order valence-electron chi connectivity index (χ3n) is 7.01. The number of aryl methyl sites for hydroxylation is 1. The summed E-state index contributed by atoms with van der Waals surface area (Å²) in [6, 6.07) is 11.3. The summed E-state index contributed by atoms with van der Waals surface area (Å²) < 4.78 is 48.1. The molecule has 0 aromatic heterocycles. The van der Waals surface area contributed by atoms with Crippen LogP contribution in [0.5, 0.6) is 5.75 Å². The Morgan fingerprint density at radius 1 is 1.22 bits per heavy atom. The number of benzene rings is 2. The lowest BCUT2D eigenvalue weighted by Gasteiger charge is -2.37. The van der Waals surface area contributed by atoms with E-state index in [0.717, 1.165) is 24.8 Å². The third kappa shape index (κ3) is 8.35. The Balaban J connectivity index is 1.75. The number of sulfonamides is 1. The van der Waals surface area contributed by atoms with E-state index in [-0.39, 0.29) is 29.6 Å². The molecular formula is C29H40FNO5S. The maximum atomic E-state index is 14.4. The Morgan fingerprint density at radius 3 is 2.70 bits per heavy atom. The predicted molar refractivity (Wildman–Crippen MR) is 143 cm³/mol. The van der Waals surface area contributed by atoms with Crippen molar-refractivity contribution in [3.63, 3.8) is 0 Å². The van der Waals surface area contributed by atoms with Gasteiger partial charge in [0, 0.05) is 25.6 Å². The van der Waals surface area contributed by atoms with Gasteiger partial charge in [0.2, 0.25) is 10.0 Å². The summed E-state index contributed by atoms with van der Waals surface area (Å²) in [5, 5.41) is 11.4. The van der Waals surface area contributed by atoms with Crippen molar-refractivity contribution in [1.82, 2.24) is 4.31 Å². The number of carbonyl (C=O) groups excluding carboxylic acids is 1. The molecule has 6 nitrogen and oxygen atoms in total. The molecule has 1 heterocycles. The number of rotatable bonds is 13. The second-order valence-electron chi connectivity index (χ2n) is 10.3. The number of nitrogens with zero attached hydrogens (tertiary/aromatic N) is 1. The van der Waals surface area contributed by atoms with Gasteiger partial charge in [-0.2, -0.15) is 4.31 Å². The number of halogens is 1. The molecule has 1 N–H and O–H groups in total. The van der Waals surface area contributed by atoms with Gasteiger partial charge in [-0.05, 0) is 86.8 Å². The molecular weight excluding hydrogens is 493 g/mol. The Labute approximate surface area is 220 Å². The number of hydrogen-bond donors (Lipinski definition) is 1. The molecule has 1 fully saturated rings. The summed E-state index contributed by atoms with van der Waals surface area (Å²) in [6.45, 7) is 6.50. The first kappa shape index (κ1) is 29.3. The molecule has 1 saturated heterocycles. The van der Waals surface area contributed by atoms with Crippen LogP contribution >= 0.6 is 0 Å². The van der Waals surface area contributed by atoms with Crippen molar-refractivity contribution in [3.05, 3.63) is 59.4 Å². The number of Topliss-reactive ketones (excluding diaryl/α,β-unsaturated/α-hetero) is 1. The monoisotopic (exact) mass is 533 g/mol. The van der Waals surface area contributed by atoms with Gasteiger partial charge in [0.1, 0.15) is 17.3 Å². The summed E-state index contributed by atoms with van der Waals surface area (Å²) in [5.74, 6) is -0.839. The normalized spacial score (nSPS) is 18.4. The standard InChI is InChI=1S/C29H40FNO5S/c1-4-5-6-13-36-27-18-23(17-26(30)19-27)16-25(15-22(3)32)29(33)24-10-8-12-31(20-24)37(34,35)28-11-7-9-21(2)14-28/h7,9,11,14,17-19,24-25,29,33H,4-6,8,10,12-13,15-16,20H2,1-3H3/t24-,25+,29-/m1/s1. The van der Waals surface area contributed by atoms with Gasteiger partial charge < -0.3 is 14.6 Å². The molecule has 3 atom stereocenters. The van der Waals surface area contributed by atoms with E-state index < -0.39 is 27.9 Å². The van der Waals surface area contributed by atoms with E-state index in [9.17, 15) is 22.7 Å². The van der Waals surface area contributed by atoms with Gasteiger partial charge in [0.15, 0.2) is 0 Å². The molecule has 204 valence electrons. The molecule has 0 aliphatic carbocycles. The van der Waals surface area contributed by atoms with Crippen LogP contribution in [0.4, 0.5) is 4.39 Å². The Kier molecular flexibility index (Phi) is 10.7. The fourth-order valence-corrected chi connectivity index (χ4v) is 6.77. The molecule has 0 unspecified atom stereocenters. The zero-order valence-electron chi connectivity index (χ0n) is 22.2. The van der Waals surface area contributed by atoms with E-state index in [1.165, 1.54) is 23.4 Å². The van der Waals surface area contributed by atoms with Crippen LogP contribution in [0, 0.1) is 24.6 Å². The highest BCUT2D eigenvalue weighted by Gasteiger charge is 2.36. The highest BCUT2D eigenvalue weighted by molar-refractivity contribution is 7.89. The van der Waals surface area contributed by atoms with Crippen molar-refractivity contribution in [3.8, 4) is 5.75 Å². The molecule has 8 heteroatoms. The molecule has 0 radical (unpaired) electrons. The van der Waals surface area contributed by atoms with E-state index >= 15 is 0 Å². The summed E-state index contributed by atoms with van der Waals surface area (Å²) >= 11 is 0. The Morgan fingerprint density at radius 2 is 2.00 bits per heavy atom. The van der Waals surface area contributed by atoms with Gasteiger partial charge in [-0.25, -0.2) is 12.8 Å². The summed E-state index contributed by atoms with van der Waals surface area (Å²) in [4.78, 5) is 12.3. The van der Waals surface area contributed by atoms with Crippen LogP contribution in [0.15, 0.2) is 47.4 Å². The first-order valence-corrected chi connectivity index (χ1v) is 14.7.